The SMILES string of the molecule is CCO[C@H]1[C@H](n2cnc3c(=O)[nH]c(NC(=O)C(C)C)nc32)O[C@@H]2C(OC(=O)C(C)C)[C@@]21N. The summed E-state index contributed by atoms with van der Waals surface area (Å²) in [6, 6.07) is 0. The molecule has 1 saturated carbocycles. The molecule has 2 aromatic rings. The Morgan fingerprint density at radius 2 is 2.03 bits per heavy atom. The number of rotatable bonds is 7. The standard InChI is InChI=1S/C20H28N6O6/c1-6-30-13-17(31-11-12(20(11,13)21)32-18(29)9(4)5)26-7-22-10-14(26)23-19(25-16(10)28)24-15(27)8(2)3/h7-9,11-13,17H,6,21H2,1-5H3,(H2,23,24,25,27,28)/t11-,12?,13+,17-,20+/m1/s1. The number of fused-ring (bicyclic) bond motifs is 2. The van der Waals surface area contributed by atoms with E-state index >= 15 is 0 Å². The summed E-state index contributed by atoms with van der Waals surface area (Å²) >= 11 is 0. The van der Waals surface area contributed by atoms with E-state index in [1.807, 2.05) is 6.92 Å². The molecule has 0 aromatic carbocycles. The van der Waals surface area contributed by atoms with Gasteiger partial charge in [-0.05, 0) is 6.92 Å². The number of ether oxygens (including phenoxy) is 3. The average Bonchev–Trinajstić information content (AvgIpc) is 3.02. The van der Waals surface area contributed by atoms with Gasteiger partial charge in [0.2, 0.25) is 11.9 Å². The zero-order chi connectivity index (χ0) is 23.4. The summed E-state index contributed by atoms with van der Waals surface area (Å²) in [5.41, 5.74) is 5.33. The largest absolute Gasteiger partial charge is 0.457 e. The van der Waals surface area contributed by atoms with Gasteiger partial charge in [-0.2, -0.15) is 4.98 Å². The van der Waals surface area contributed by atoms with E-state index in [2.05, 4.69) is 20.3 Å². The first-order valence-corrected chi connectivity index (χ1v) is 10.6. The second-order valence-corrected chi connectivity index (χ2v) is 8.72. The highest BCUT2D eigenvalue weighted by Crippen LogP contribution is 2.55. The first-order valence-electron chi connectivity index (χ1n) is 10.6. The number of hydrogen-bond donors (Lipinski definition) is 3. The maximum Gasteiger partial charge on any atom is 0.308 e. The fraction of sp³-hybridized carbons (Fsp3) is 0.650. The second-order valence-electron chi connectivity index (χ2n) is 8.72. The normalized spacial score (nSPS) is 28.9. The minimum absolute atomic E-state index is 0.00488. The third kappa shape index (κ3) is 3.48. The molecule has 32 heavy (non-hydrogen) atoms. The molecule has 12 heteroatoms. The topological polar surface area (TPSA) is 163 Å². The van der Waals surface area contributed by atoms with Crippen LogP contribution in [0.25, 0.3) is 11.2 Å². The molecule has 5 atom stereocenters. The quantitative estimate of drug-likeness (QED) is 0.505. The second kappa shape index (κ2) is 7.94. The van der Waals surface area contributed by atoms with Crippen molar-refractivity contribution >= 4 is 29.0 Å². The Labute approximate surface area is 183 Å². The van der Waals surface area contributed by atoms with Crippen molar-refractivity contribution in [2.45, 2.75) is 64.7 Å². The summed E-state index contributed by atoms with van der Waals surface area (Å²) in [7, 11) is 0. The summed E-state index contributed by atoms with van der Waals surface area (Å²) in [5.74, 6) is -1.24. The van der Waals surface area contributed by atoms with Crippen LogP contribution in [0.15, 0.2) is 11.1 Å². The number of H-pyrrole nitrogens is 1. The summed E-state index contributed by atoms with van der Waals surface area (Å²) in [5, 5.41) is 2.58. The van der Waals surface area contributed by atoms with Gasteiger partial charge < -0.3 is 19.9 Å². The molecule has 4 rings (SSSR count). The number of carbonyl (C=O) groups excluding carboxylic acids is 2. The van der Waals surface area contributed by atoms with Gasteiger partial charge in [-0.3, -0.25) is 29.3 Å². The lowest BCUT2D eigenvalue weighted by Crippen LogP contribution is -2.46. The minimum atomic E-state index is -1.03. The Kier molecular flexibility index (Phi) is 5.55. The van der Waals surface area contributed by atoms with Gasteiger partial charge in [0.1, 0.15) is 17.7 Å². The number of aromatic amines is 1. The van der Waals surface area contributed by atoms with E-state index in [0.717, 1.165) is 0 Å². The van der Waals surface area contributed by atoms with Crippen molar-refractivity contribution in [1.82, 2.24) is 19.5 Å². The zero-order valence-electron chi connectivity index (χ0n) is 18.6. The van der Waals surface area contributed by atoms with E-state index in [1.165, 1.54) is 6.33 Å². The Morgan fingerprint density at radius 3 is 2.66 bits per heavy atom. The molecule has 1 amide bonds. The molecule has 174 valence electrons. The van der Waals surface area contributed by atoms with Gasteiger partial charge in [0.25, 0.3) is 5.56 Å². The molecule has 1 aliphatic carbocycles. The summed E-state index contributed by atoms with van der Waals surface area (Å²) in [6.07, 6.45) is -1.19. The van der Waals surface area contributed by atoms with Crippen LogP contribution >= 0.6 is 0 Å². The van der Waals surface area contributed by atoms with Crippen LogP contribution in [0.3, 0.4) is 0 Å². The highest BCUT2D eigenvalue weighted by Gasteiger charge is 2.78. The lowest BCUT2D eigenvalue weighted by molar-refractivity contribution is -0.157. The molecule has 2 aliphatic rings. The van der Waals surface area contributed by atoms with Crippen molar-refractivity contribution in [3.63, 3.8) is 0 Å². The smallest absolute Gasteiger partial charge is 0.308 e. The number of nitrogens with one attached hydrogen (secondary N) is 2. The number of hydrogen-bond acceptors (Lipinski definition) is 9. The van der Waals surface area contributed by atoms with Crippen LogP contribution in [0.1, 0.15) is 40.8 Å². The van der Waals surface area contributed by atoms with Gasteiger partial charge in [0, 0.05) is 12.5 Å². The van der Waals surface area contributed by atoms with Gasteiger partial charge in [-0.25, -0.2) is 4.98 Å². The molecule has 0 spiro atoms. The molecule has 0 radical (unpaired) electrons. The molecule has 1 aliphatic heterocycles. The van der Waals surface area contributed by atoms with Crippen molar-refractivity contribution in [1.29, 1.82) is 0 Å². The zero-order valence-corrected chi connectivity index (χ0v) is 18.6. The maximum absolute atomic E-state index is 12.5. The fourth-order valence-corrected chi connectivity index (χ4v) is 3.82. The lowest BCUT2D eigenvalue weighted by atomic mass is 10.1. The van der Waals surface area contributed by atoms with Crippen molar-refractivity contribution in [3.05, 3.63) is 16.7 Å². The average molecular weight is 448 g/mol. The number of amides is 1. The van der Waals surface area contributed by atoms with E-state index in [4.69, 9.17) is 19.9 Å². The molecule has 12 nitrogen and oxygen atoms in total. The van der Waals surface area contributed by atoms with Crippen LogP contribution in [0.5, 0.6) is 0 Å². The van der Waals surface area contributed by atoms with Gasteiger partial charge in [-0.15, -0.1) is 0 Å². The number of carbonyl (C=O) groups is 2. The fourth-order valence-electron chi connectivity index (χ4n) is 3.82. The summed E-state index contributed by atoms with van der Waals surface area (Å²) in [4.78, 5) is 47.6. The van der Waals surface area contributed by atoms with E-state index in [9.17, 15) is 14.4 Å². The van der Waals surface area contributed by atoms with Gasteiger partial charge in [0.05, 0.1) is 12.2 Å². The van der Waals surface area contributed by atoms with Gasteiger partial charge >= 0.3 is 5.97 Å². The molecular weight excluding hydrogens is 420 g/mol. The van der Waals surface area contributed by atoms with Crippen LogP contribution in [-0.2, 0) is 23.8 Å². The molecule has 2 aromatic heterocycles. The van der Waals surface area contributed by atoms with E-state index < -0.39 is 35.6 Å². The number of nitrogens with two attached hydrogens (primary N) is 1. The third-order valence-corrected chi connectivity index (χ3v) is 5.72. The number of esters is 1. The maximum atomic E-state index is 12.5. The Hall–Kier alpha value is -2.83. The predicted molar refractivity (Wildman–Crippen MR) is 113 cm³/mol. The van der Waals surface area contributed by atoms with Crippen LogP contribution in [0, 0.1) is 11.8 Å². The number of aromatic nitrogens is 4. The Balaban J connectivity index is 1.66. The first kappa shape index (κ1) is 22.4. The number of imidazole rings is 1. The van der Waals surface area contributed by atoms with Crippen LogP contribution in [0.2, 0.25) is 0 Å². The molecule has 4 N–H and O–H groups in total. The minimum Gasteiger partial charge on any atom is -0.457 e. The molecule has 2 fully saturated rings. The van der Waals surface area contributed by atoms with E-state index in [-0.39, 0.29) is 40.8 Å². The van der Waals surface area contributed by atoms with Gasteiger partial charge in [0.15, 0.2) is 23.5 Å². The Bertz CT molecular complexity index is 1110. The predicted octanol–water partition coefficient (Wildman–Crippen LogP) is 0.296. The van der Waals surface area contributed by atoms with Gasteiger partial charge in [-0.1, -0.05) is 27.7 Å². The molecule has 1 saturated heterocycles. The summed E-state index contributed by atoms with van der Waals surface area (Å²) < 4.78 is 19.1. The lowest BCUT2D eigenvalue weighted by Gasteiger charge is -2.28. The number of anilines is 1. The highest BCUT2D eigenvalue weighted by atomic mass is 16.6. The van der Waals surface area contributed by atoms with Crippen LogP contribution < -0.4 is 16.6 Å². The van der Waals surface area contributed by atoms with Crippen molar-refractivity contribution in [2.24, 2.45) is 17.6 Å². The van der Waals surface area contributed by atoms with Crippen LogP contribution in [0.4, 0.5) is 5.95 Å². The molecule has 1 unspecified atom stereocenters. The molecule has 0 bridgehead atoms. The first-order chi connectivity index (χ1) is 15.1. The summed E-state index contributed by atoms with van der Waals surface area (Å²) in [6.45, 7) is 9.10. The number of nitrogens with zero attached hydrogens (tertiary/aromatic N) is 3. The van der Waals surface area contributed by atoms with Crippen LogP contribution in [-0.4, -0.2) is 61.9 Å². The Morgan fingerprint density at radius 1 is 1.31 bits per heavy atom. The highest BCUT2D eigenvalue weighted by molar-refractivity contribution is 5.91. The molecular formula is C20H28N6O6. The van der Waals surface area contributed by atoms with E-state index in [1.54, 1.807) is 32.3 Å². The van der Waals surface area contributed by atoms with Crippen molar-refractivity contribution < 1.29 is 23.8 Å². The molecule has 3 heterocycles. The van der Waals surface area contributed by atoms with E-state index in [0.29, 0.717) is 6.61 Å². The monoisotopic (exact) mass is 448 g/mol. The third-order valence-electron chi connectivity index (χ3n) is 5.72. The van der Waals surface area contributed by atoms with Crippen molar-refractivity contribution in [3.8, 4) is 0 Å². The van der Waals surface area contributed by atoms with Crippen molar-refractivity contribution in [2.75, 3.05) is 11.9 Å².